The van der Waals surface area contributed by atoms with Crippen molar-refractivity contribution < 1.29 is 4.74 Å². The SMILES string of the molecule is C1CCC2C(C1)COCCN2C1CCNCC1. The van der Waals surface area contributed by atoms with Crippen molar-refractivity contribution in [1.29, 1.82) is 0 Å². The molecule has 98 valence electrons. The van der Waals surface area contributed by atoms with Gasteiger partial charge in [0.05, 0.1) is 13.2 Å². The van der Waals surface area contributed by atoms with E-state index in [2.05, 4.69) is 10.2 Å². The van der Waals surface area contributed by atoms with Crippen LogP contribution in [0.3, 0.4) is 0 Å². The number of nitrogens with zero attached hydrogens (tertiary/aromatic N) is 1. The topological polar surface area (TPSA) is 24.5 Å². The molecule has 0 radical (unpaired) electrons. The molecule has 1 saturated carbocycles. The number of rotatable bonds is 1. The third-order valence-corrected chi connectivity index (χ3v) is 4.90. The van der Waals surface area contributed by atoms with Crippen molar-refractivity contribution in [1.82, 2.24) is 10.2 Å². The van der Waals surface area contributed by atoms with E-state index in [0.717, 1.165) is 31.2 Å². The summed E-state index contributed by atoms with van der Waals surface area (Å²) in [4.78, 5) is 2.82. The molecule has 3 fully saturated rings. The van der Waals surface area contributed by atoms with Crippen LogP contribution < -0.4 is 5.32 Å². The third-order valence-electron chi connectivity index (χ3n) is 4.90. The standard InChI is InChI=1S/C14H26N2O/c1-2-4-14-12(3-1)11-17-10-9-16(14)13-5-7-15-8-6-13/h12-15H,1-11H2. The van der Waals surface area contributed by atoms with Crippen LogP contribution in [0, 0.1) is 5.92 Å². The molecule has 1 aliphatic carbocycles. The summed E-state index contributed by atoms with van der Waals surface area (Å²) in [6.07, 6.45) is 8.34. The van der Waals surface area contributed by atoms with Crippen LogP contribution >= 0.6 is 0 Å². The maximum atomic E-state index is 5.83. The number of ether oxygens (including phenoxy) is 1. The number of nitrogens with one attached hydrogen (secondary N) is 1. The molecule has 0 aromatic carbocycles. The molecule has 0 aromatic heterocycles. The predicted molar refractivity (Wildman–Crippen MR) is 69.2 cm³/mol. The first-order valence-electron chi connectivity index (χ1n) is 7.49. The molecule has 0 aromatic rings. The first-order chi connectivity index (χ1) is 8.45. The molecular weight excluding hydrogens is 212 g/mol. The number of piperidine rings is 1. The maximum Gasteiger partial charge on any atom is 0.0593 e. The Morgan fingerprint density at radius 1 is 1.00 bits per heavy atom. The lowest BCUT2D eigenvalue weighted by molar-refractivity contribution is 0.0621. The second-order valence-electron chi connectivity index (χ2n) is 5.91. The lowest BCUT2D eigenvalue weighted by Crippen LogP contribution is -2.51. The van der Waals surface area contributed by atoms with Crippen LogP contribution in [0.5, 0.6) is 0 Å². The summed E-state index contributed by atoms with van der Waals surface area (Å²) in [5.41, 5.74) is 0. The van der Waals surface area contributed by atoms with Crippen LogP contribution in [0.2, 0.25) is 0 Å². The summed E-state index contributed by atoms with van der Waals surface area (Å²) in [5.74, 6) is 0.820. The lowest BCUT2D eigenvalue weighted by Gasteiger charge is -2.43. The van der Waals surface area contributed by atoms with Gasteiger partial charge in [-0.15, -0.1) is 0 Å². The zero-order chi connectivity index (χ0) is 11.5. The Balaban J connectivity index is 1.70. The Morgan fingerprint density at radius 2 is 1.82 bits per heavy atom. The highest BCUT2D eigenvalue weighted by Crippen LogP contribution is 2.32. The average Bonchev–Trinajstić information content (AvgIpc) is 2.62. The van der Waals surface area contributed by atoms with E-state index in [1.54, 1.807) is 0 Å². The Hall–Kier alpha value is -0.120. The van der Waals surface area contributed by atoms with Crippen molar-refractivity contribution in [3.05, 3.63) is 0 Å². The Kier molecular flexibility index (Phi) is 3.99. The van der Waals surface area contributed by atoms with Crippen molar-refractivity contribution in [3.63, 3.8) is 0 Å². The van der Waals surface area contributed by atoms with E-state index >= 15 is 0 Å². The van der Waals surface area contributed by atoms with E-state index in [4.69, 9.17) is 4.74 Å². The first-order valence-corrected chi connectivity index (χ1v) is 7.49. The molecule has 3 rings (SSSR count). The average molecular weight is 238 g/mol. The van der Waals surface area contributed by atoms with Gasteiger partial charge in [-0.1, -0.05) is 12.8 Å². The van der Waals surface area contributed by atoms with Crippen LogP contribution in [0.4, 0.5) is 0 Å². The minimum absolute atomic E-state index is 0.820. The number of fused-ring (bicyclic) bond motifs is 1. The largest absolute Gasteiger partial charge is 0.380 e. The summed E-state index contributed by atoms with van der Waals surface area (Å²) < 4.78 is 5.83. The van der Waals surface area contributed by atoms with Crippen LogP contribution in [0.1, 0.15) is 38.5 Å². The Morgan fingerprint density at radius 3 is 2.71 bits per heavy atom. The molecular formula is C14H26N2O. The molecule has 1 N–H and O–H groups in total. The summed E-state index contributed by atoms with van der Waals surface area (Å²) in [7, 11) is 0. The summed E-state index contributed by atoms with van der Waals surface area (Å²) >= 11 is 0. The van der Waals surface area contributed by atoms with E-state index < -0.39 is 0 Å². The molecule has 2 saturated heterocycles. The first kappa shape index (κ1) is 11.9. The van der Waals surface area contributed by atoms with Crippen molar-refractivity contribution >= 4 is 0 Å². The highest BCUT2D eigenvalue weighted by Gasteiger charge is 2.35. The molecule has 2 atom stereocenters. The molecule has 3 heteroatoms. The smallest absolute Gasteiger partial charge is 0.0593 e. The Labute approximate surface area is 105 Å². The van der Waals surface area contributed by atoms with E-state index in [9.17, 15) is 0 Å². The van der Waals surface area contributed by atoms with Crippen LogP contribution in [-0.4, -0.2) is 49.8 Å². The van der Waals surface area contributed by atoms with Gasteiger partial charge in [0.1, 0.15) is 0 Å². The number of hydrogen-bond donors (Lipinski definition) is 1. The minimum Gasteiger partial charge on any atom is -0.380 e. The maximum absolute atomic E-state index is 5.83. The van der Waals surface area contributed by atoms with E-state index in [0.29, 0.717) is 0 Å². The van der Waals surface area contributed by atoms with Gasteiger partial charge < -0.3 is 10.1 Å². The molecule has 2 heterocycles. The van der Waals surface area contributed by atoms with Crippen molar-refractivity contribution in [3.8, 4) is 0 Å². The van der Waals surface area contributed by atoms with Gasteiger partial charge in [0.15, 0.2) is 0 Å². The second-order valence-corrected chi connectivity index (χ2v) is 5.91. The van der Waals surface area contributed by atoms with E-state index in [1.165, 1.54) is 58.2 Å². The van der Waals surface area contributed by atoms with Crippen LogP contribution in [0.25, 0.3) is 0 Å². The quantitative estimate of drug-likeness (QED) is 0.751. The second kappa shape index (κ2) is 5.68. The van der Waals surface area contributed by atoms with E-state index in [1.807, 2.05) is 0 Å². The zero-order valence-electron chi connectivity index (χ0n) is 10.9. The van der Waals surface area contributed by atoms with Crippen molar-refractivity contribution in [2.45, 2.75) is 50.6 Å². The van der Waals surface area contributed by atoms with Gasteiger partial charge in [-0.25, -0.2) is 0 Å². The zero-order valence-corrected chi connectivity index (χ0v) is 10.9. The van der Waals surface area contributed by atoms with Gasteiger partial charge in [-0.3, -0.25) is 4.90 Å². The predicted octanol–water partition coefficient (Wildman–Crippen LogP) is 1.63. The monoisotopic (exact) mass is 238 g/mol. The summed E-state index contributed by atoms with van der Waals surface area (Å²) in [6, 6.07) is 1.65. The molecule has 3 aliphatic rings. The summed E-state index contributed by atoms with van der Waals surface area (Å²) in [5, 5.41) is 3.48. The highest BCUT2D eigenvalue weighted by atomic mass is 16.5. The highest BCUT2D eigenvalue weighted by molar-refractivity contribution is 4.90. The van der Waals surface area contributed by atoms with Gasteiger partial charge in [0.2, 0.25) is 0 Å². The Bertz CT molecular complexity index is 240. The van der Waals surface area contributed by atoms with Crippen LogP contribution in [-0.2, 0) is 4.74 Å². The molecule has 0 spiro atoms. The van der Waals surface area contributed by atoms with Crippen molar-refractivity contribution in [2.24, 2.45) is 5.92 Å². The molecule has 2 unspecified atom stereocenters. The molecule has 0 amide bonds. The number of hydrogen-bond acceptors (Lipinski definition) is 3. The minimum atomic E-state index is 0.820. The fourth-order valence-corrected chi connectivity index (χ4v) is 3.98. The van der Waals surface area contributed by atoms with Crippen molar-refractivity contribution in [2.75, 3.05) is 32.8 Å². The van der Waals surface area contributed by atoms with Gasteiger partial charge in [0.25, 0.3) is 0 Å². The molecule has 3 nitrogen and oxygen atoms in total. The molecule has 17 heavy (non-hydrogen) atoms. The molecule has 2 aliphatic heterocycles. The molecule has 0 bridgehead atoms. The lowest BCUT2D eigenvalue weighted by atomic mass is 9.83. The van der Waals surface area contributed by atoms with E-state index in [-0.39, 0.29) is 0 Å². The van der Waals surface area contributed by atoms with Gasteiger partial charge >= 0.3 is 0 Å². The third kappa shape index (κ3) is 2.67. The van der Waals surface area contributed by atoms with Gasteiger partial charge in [-0.2, -0.15) is 0 Å². The van der Waals surface area contributed by atoms with Gasteiger partial charge in [0, 0.05) is 18.6 Å². The fraction of sp³-hybridized carbons (Fsp3) is 1.00. The van der Waals surface area contributed by atoms with Gasteiger partial charge in [-0.05, 0) is 44.7 Å². The normalized spacial score (nSPS) is 37.4. The fourth-order valence-electron chi connectivity index (χ4n) is 3.98. The van der Waals surface area contributed by atoms with Crippen LogP contribution in [0.15, 0.2) is 0 Å². The summed E-state index contributed by atoms with van der Waals surface area (Å²) in [6.45, 7) is 5.56.